The van der Waals surface area contributed by atoms with Crippen LogP contribution in [0.2, 0.25) is 0 Å². The molecule has 2 atom stereocenters. The minimum Gasteiger partial charge on any atom is -0.454 e. The molecule has 5 nitrogen and oxygen atoms in total. The Balaban J connectivity index is 1.62. The molecule has 0 amide bonds. The fourth-order valence-electron chi connectivity index (χ4n) is 2.76. The van der Waals surface area contributed by atoms with Crippen molar-refractivity contribution in [2.24, 2.45) is 5.92 Å². The van der Waals surface area contributed by atoms with Crippen LogP contribution in [0.1, 0.15) is 23.7 Å². The van der Waals surface area contributed by atoms with Crippen LogP contribution in [0.5, 0.6) is 11.5 Å². The molecule has 0 saturated carbocycles. The first-order valence-corrected chi connectivity index (χ1v) is 6.97. The first-order chi connectivity index (χ1) is 9.63. The van der Waals surface area contributed by atoms with Crippen LogP contribution in [0, 0.1) is 5.92 Å². The summed E-state index contributed by atoms with van der Waals surface area (Å²) in [4.78, 5) is 14.4. The maximum atomic E-state index is 12.3. The van der Waals surface area contributed by atoms with Crippen molar-refractivity contribution in [3.63, 3.8) is 0 Å². The lowest BCUT2D eigenvalue weighted by atomic mass is 10.0. The summed E-state index contributed by atoms with van der Waals surface area (Å²) in [7, 11) is 0. The minimum atomic E-state index is -0.305. The number of aliphatic hydroxyl groups excluding tert-OH is 1. The van der Waals surface area contributed by atoms with Crippen molar-refractivity contribution in [1.29, 1.82) is 0 Å². The first kappa shape index (κ1) is 13.4. The number of benzene rings is 1. The molecule has 2 aliphatic heterocycles. The Hall–Kier alpha value is -1.59. The van der Waals surface area contributed by atoms with Crippen molar-refractivity contribution in [1.82, 2.24) is 4.90 Å². The molecule has 5 heteroatoms. The molecule has 1 aromatic rings. The second kappa shape index (κ2) is 5.42. The lowest BCUT2D eigenvalue weighted by Crippen LogP contribution is -2.29. The number of rotatable bonds is 4. The highest BCUT2D eigenvalue weighted by Crippen LogP contribution is 2.32. The monoisotopic (exact) mass is 277 g/mol. The van der Waals surface area contributed by atoms with Gasteiger partial charge >= 0.3 is 0 Å². The van der Waals surface area contributed by atoms with Crippen LogP contribution >= 0.6 is 0 Å². The van der Waals surface area contributed by atoms with E-state index in [1.807, 2.05) is 6.92 Å². The molecule has 0 bridgehead atoms. The molecule has 0 spiro atoms. The zero-order chi connectivity index (χ0) is 14.1. The lowest BCUT2D eigenvalue weighted by Gasteiger charge is -2.16. The first-order valence-electron chi connectivity index (χ1n) is 6.97. The zero-order valence-corrected chi connectivity index (χ0v) is 11.5. The molecule has 2 heterocycles. The third-order valence-electron chi connectivity index (χ3n) is 4.05. The molecule has 2 aliphatic rings. The highest BCUT2D eigenvalue weighted by atomic mass is 16.7. The molecular formula is C15H19NO4. The molecule has 1 aromatic carbocycles. The van der Waals surface area contributed by atoms with Gasteiger partial charge in [0, 0.05) is 12.1 Å². The molecule has 0 aromatic heterocycles. The van der Waals surface area contributed by atoms with Crippen molar-refractivity contribution in [2.75, 3.05) is 26.4 Å². The van der Waals surface area contributed by atoms with E-state index < -0.39 is 0 Å². The molecule has 1 N–H and O–H groups in total. The molecule has 1 saturated heterocycles. The number of fused-ring (bicyclic) bond motifs is 1. The van der Waals surface area contributed by atoms with Gasteiger partial charge in [-0.05, 0) is 44.0 Å². The van der Waals surface area contributed by atoms with E-state index in [1.165, 1.54) is 0 Å². The second-order valence-corrected chi connectivity index (χ2v) is 5.52. The van der Waals surface area contributed by atoms with E-state index in [4.69, 9.17) is 9.47 Å². The summed E-state index contributed by atoms with van der Waals surface area (Å²) in [5, 5.41) is 9.58. The van der Waals surface area contributed by atoms with Crippen LogP contribution in [0.4, 0.5) is 0 Å². The van der Waals surface area contributed by atoms with Crippen LogP contribution in [0.15, 0.2) is 18.2 Å². The van der Waals surface area contributed by atoms with Crippen molar-refractivity contribution < 1.29 is 19.4 Å². The molecule has 20 heavy (non-hydrogen) atoms. The number of nitrogens with zero attached hydrogens (tertiary/aromatic N) is 1. The van der Waals surface area contributed by atoms with Gasteiger partial charge in [-0.15, -0.1) is 0 Å². The number of aliphatic hydroxyl groups is 1. The third kappa shape index (κ3) is 2.64. The standard InChI is InChI=1S/C15H19NO4/c1-10(17)12-4-5-16(7-12)8-13(18)11-2-3-14-15(6-11)20-9-19-14/h2-3,6,10,12,17H,4-5,7-9H2,1H3. The predicted octanol–water partition coefficient (Wildman–Crippen LogP) is 1.30. The average molecular weight is 277 g/mol. The largest absolute Gasteiger partial charge is 0.454 e. The van der Waals surface area contributed by atoms with E-state index in [-0.39, 0.29) is 24.6 Å². The zero-order valence-electron chi connectivity index (χ0n) is 11.5. The Labute approximate surface area is 118 Å². The topological polar surface area (TPSA) is 59.0 Å². The van der Waals surface area contributed by atoms with Gasteiger partial charge in [-0.3, -0.25) is 9.69 Å². The lowest BCUT2D eigenvalue weighted by molar-refractivity contribution is 0.0925. The molecule has 2 unspecified atom stereocenters. The van der Waals surface area contributed by atoms with Crippen LogP contribution in [-0.2, 0) is 0 Å². The summed E-state index contributed by atoms with van der Waals surface area (Å²) >= 11 is 0. The summed E-state index contributed by atoms with van der Waals surface area (Å²) in [6.07, 6.45) is 0.646. The predicted molar refractivity (Wildman–Crippen MR) is 73.1 cm³/mol. The molecule has 1 fully saturated rings. The minimum absolute atomic E-state index is 0.0783. The van der Waals surface area contributed by atoms with Gasteiger partial charge in [-0.2, -0.15) is 0 Å². The number of ketones is 1. The number of Topliss-reactive ketones (excluding diaryl/α,β-unsaturated/α-hetero) is 1. The highest BCUT2D eigenvalue weighted by molar-refractivity contribution is 5.98. The summed E-state index contributed by atoms with van der Waals surface area (Å²) in [5.74, 6) is 1.69. The quantitative estimate of drug-likeness (QED) is 0.841. The summed E-state index contributed by atoms with van der Waals surface area (Å²) in [6.45, 7) is 4.08. The number of hydrogen-bond acceptors (Lipinski definition) is 5. The number of carbonyl (C=O) groups excluding carboxylic acids is 1. The van der Waals surface area contributed by atoms with Crippen LogP contribution in [-0.4, -0.2) is 48.3 Å². The van der Waals surface area contributed by atoms with Crippen LogP contribution < -0.4 is 9.47 Å². The van der Waals surface area contributed by atoms with Crippen molar-refractivity contribution in [3.05, 3.63) is 23.8 Å². The van der Waals surface area contributed by atoms with E-state index in [2.05, 4.69) is 4.90 Å². The molecule has 108 valence electrons. The van der Waals surface area contributed by atoms with E-state index >= 15 is 0 Å². The second-order valence-electron chi connectivity index (χ2n) is 5.52. The van der Waals surface area contributed by atoms with E-state index in [0.29, 0.717) is 23.6 Å². The summed E-state index contributed by atoms with van der Waals surface area (Å²) in [6, 6.07) is 5.29. The van der Waals surface area contributed by atoms with Crippen LogP contribution in [0.3, 0.4) is 0 Å². The van der Waals surface area contributed by atoms with Gasteiger partial charge in [-0.1, -0.05) is 0 Å². The van der Waals surface area contributed by atoms with Gasteiger partial charge in [0.2, 0.25) is 6.79 Å². The van der Waals surface area contributed by atoms with Gasteiger partial charge in [0.15, 0.2) is 17.3 Å². The van der Waals surface area contributed by atoms with E-state index in [9.17, 15) is 9.90 Å². The van der Waals surface area contributed by atoms with Crippen molar-refractivity contribution >= 4 is 5.78 Å². The van der Waals surface area contributed by atoms with E-state index in [1.54, 1.807) is 18.2 Å². The van der Waals surface area contributed by atoms with Crippen molar-refractivity contribution in [3.8, 4) is 11.5 Å². The number of carbonyl (C=O) groups is 1. The molecule has 0 radical (unpaired) electrons. The van der Waals surface area contributed by atoms with Gasteiger partial charge in [0.25, 0.3) is 0 Å². The number of hydrogen-bond donors (Lipinski definition) is 1. The highest BCUT2D eigenvalue weighted by Gasteiger charge is 2.27. The number of likely N-dealkylation sites (tertiary alicyclic amines) is 1. The fraction of sp³-hybridized carbons (Fsp3) is 0.533. The van der Waals surface area contributed by atoms with Gasteiger partial charge in [0.05, 0.1) is 12.6 Å². The van der Waals surface area contributed by atoms with Crippen LogP contribution in [0.25, 0.3) is 0 Å². The Kier molecular flexibility index (Phi) is 3.63. The number of ether oxygens (including phenoxy) is 2. The maximum Gasteiger partial charge on any atom is 0.231 e. The molecule has 0 aliphatic carbocycles. The van der Waals surface area contributed by atoms with Gasteiger partial charge in [-0.25, -0.2) is 0 Å². The Bertz CT molecular complexity index is 515. The van der Waals surface area contributed by atoms with Crippen molar-refractivity contribution in [2.45, 2.75) is 19.4 Å². The Morgan fingerprint density at radius 2 is 2.25 bits per heavy atom. The average Bonchev–Trinajstić information content (AvgIpc) is 3.05. The summed E-state index contributed by atoms with van der Waals surface area (Å²) < 4.78 is 10.5. The van der Waals surface area contributed by atoms with Gasteiger partial charge < -0.3 is 14.6 Å². The normalized spacial score (nSPS) is 23.0. The molecule has 3 rings (SSSR count). The Morgan fingerprint density at radius 1 is 1.45 bits per heavy atom. The maximum absolute atomic E-state index is 12.3. The SMILES string of the molecule is CC(O)C1CCN(CC(=O)c2ccc3c(c2)OCO3)C1. The van der Waals surface area contributed by atoms with Gasteiger partial charge in [0.1, 0.15) is 0 Å². The fourth-order valence-corrected chi connectivity index (χ4v) is 2.76. The Morgan fingerprint density at radius 3 is 3.00 bits per heavy atom. The third-order valence-corrected chi connectivity index (χ3v) is 4.05. The summed E-state index contributed by atoms with van der Waals surface area (Å²) in [5.41, 5.74) is 0.648. The molecular weight excluding hydrogens is 258 g/mol. The van der Waals surface area contributed by atoms with E-state index in [0.717, 1.165) is 19.5 Å². The smallest absolute Gasteiger partial charge is 0.231 e.